The highest BCUT2D eigenvalue weighted by Crippen LogP contribution is 2.19. The zero-order valence-corrected chi connectivity index (χ0v) is 7.33. The molecule has 0 aromatic heterocycles. The molecule has 1 rings (SSSR count). The van der Waals surface area contributed by atoms with E-state index in [0.717, 1.165) is 11.1 Å². The molecule has 1 aromatic carbocycles. The van der Waals surface area contributed by atoms with Crippen molar-refractivity contribution in [3.05, 3.63) is 35.4 Å². The van der Waals surface area contributed by atoms with Gasteiger partial charge in [-0.1, -0.05) is 24.3 Å². The van der Waals surface area contributed by atoms with Gasteiger partial charge in [-0.15, -0.1) is 0 Å². The second-order valence-electron chi connectivity index (χ2n) is 3.13. The Kier molecular flexibility index (Phi) is 2.16. The van der Waals surface area contributed by atoms with E-state index in [9.17, 15) is 0 Å². The van der Waals surface area contributed by atoms with Gasteiger partial charge in [-0.3, -0.25) is 0 Å². The van der Waals surface area contributed by atoms with Crippen LogP contribution in [0.2, 0.25) is 0 Å². The summed E-state index contributed by atoms with van der Waals surface area (Å²) in [5, 5.41) is 8.80. The van der Waals surface area contributed by atoms with Gasteiger partial charge in [-0.05, 0) is 25.0 Å². The van der Waals surface area contributed by atoms with Crippen LogP contribution in [0.4, 0.5) is 0 Å². The van der Waals surface area contributed by atoms with Crippen molar-refractivity contribution in [3.8, 4) is 6.07 Å². The van der Waals surface area contributed by atoms with Crippen LogP contribution in [0.15, 0.2) is 24.3 Å². The van der Waals surface area contributed by atoms with Gasteiger partial charge in [0, 0.05) is 0 Å². The van der Waals surface area contributed by atoms with Crippen molar-refractivity contribution in [1.82, 2.24) is 0 Å². The number of aryl methyl sites for hydroxylation is 1. The highest BCUT2D eigenvalue weighted by molar-refractivity contribution is 5.36. The quantitative estimate of drug-likeness (QED) is 0.679. The number of hydrogen-bond donors (Lipinski definition) is 1. The van der Waals surface area contributed by atoms with E-state index in [-0.39, 0.29) is 0 Å². The molecule has 0 aliphatic rings. The van der Waals surface area contributed by atoms with Gasteiger partial charge >= 0.3 is 0 Å². The Morgan fingerprint density at radius 2 is 2.00 bits per heavy atom. The monoisotopic (exact) mass is 160 g/mol. The summed E-state index contributed by atoms with van der Waals surface area (Å²) in [6.45, 7) is 3.67. The summed E-state index contributed by atoms with van der Waals surface area (Å²) >= 11 is 0. The summed E-state index contributed by atoms with van der Waals surface area (Å²) < 4.78 is 0. The average Bonchev–Trinajstić information content (AvgIpc) is 2.05. The Balaban J connectivity index is 3.22. The van der Waals surface area contributed by atoms with Gasteiger partial charge in [-0.2, -0.15) is 5.26 Å². The Morgan fingerprint density at radius 3 is 2.50 bits per heavy atom. The van der Waals surface area contributed by atoms with Gasteiger partial charge in [0.2, 0.25) is 0 Å². The molecule has 0 aliphatic heterocycles. The first-order valence-corrected chi connectivity index (χ1v) is 3.84. The lowest BCUT2D eigenvalue weighted by Crippen LogP contribution is -2.31. The van der Waals surface area contributed by atoms with Gasteiger partial charge < -0.3 is 5.73 Å². The maximum atomic E-state index is 8.80. The molecule has 0 fully saturated rings. The lowest BCUT2D eigenvalue weighted by Gasteiger charge is -2.17. The molecule has 1 aromatic rings. The first kappa shape index (κ1) is 8.76. The second kappa shape index (κ2) is 2.96. The third-order valence-electron chi connectivity index (χ3n) is 1.94. The fourth-order valence-electron chi connectivity index (χ4n) is 1.22. The van der Waals surface area contributed by atoms with E-state index in [0.29, 0.717) is 0 Å². The van der Waals surface area contributed by atoms with Gasteiger partial charge in [0.25, 0.3) is 0 Å². The van der Waals surface area contributed by atoms with Crippen LogP contribution in [-0.2, 0) is 5.54 Å². The fraction of sp³-hybridized carbons (Fsp3) is 0.300. The summed E-state index contributed by atoms with van der Waals surface area (Å²) in [6, 6.07) is 9.75. The molecule has 0 spiro atoms. The third-order valence-corrected chi connectivity index (χ3v) is 1.94. The van der Waals surface area contributed by atoms with Crippen molar-refractivity contribution in [3.63, 3.8) is 0 Å². The molecule has 0 bridgehead atoms. The molecule has 2 nitrogen and oxygen atoms in total. The predicted octanol–water partition coefficient (Wildman–Crippen LogP) is 1.69. The van der Waals surface area contributed by atoms with Crippen LogP contribution in [0.25, 0.3) is 0 Å². The van der Waals surface area contributed by atoms with E-state index >= 15 is 0 Å². The van der Waals surface area contributed by atoms with Gasteiger partial charge in [0.15, 0.2) is 0 Å². The van der Waals surface area contributed by atoms with Crippen LogP contribution in [0.5, 0.6) is 0 Å². The van der Waals surface area contributed by atoms with Crippen LogP contribution in [0.3, 0.4) is 0 Å². The van der Waals surface area contributed by atoms with Crippen LogP contribution in [0, 0.1) is 18.3 Å². The molecular weight excluding hydrogens is 148 g/mol. The molecule has 0 aliphatic carbocycles. The Bertz CT molecular complexity index is 321. The minimum absolute atomic E-state index is 0.870. The van der Waals surface area contributed by atoms with E-state index in [4.69, 9.17) is 11.0 Å². The minimum atomic E-state index is -0.870. The number of nitrogens with two attached hydrogens (primary N) is 1. The SMILES string of the molecule is Cc1ccccc1C(C)(N)C#N. The maximum absolute atomic E-state index is 8.80. The standard InChI is InChI=1S/C10H12N2/c1-8-5-3-4-6-9(8)10(2,12)7-11/h3-6H,12H2,1-2H3. The topological polar surface area (TPSA) is 49.8 Å². The largest absolute Gasteiger partial charge is 0.310 e. The molecule has 2 heteroatoms. The van der Waals surface area contributed by atoms with Crippen LogP contribution in [0.1, 0.15) is 18.1 Å². The van der Waals surface area contributed by atoms with Crippen molar-refractivity contribution in [2.24, 2.45) is 5.73 Å². The fourth-order valence-corrected chi connectivity index (χ4v) is 1.22. The van der Waals surface area contributed by atoms with Crippen molar-refractivity contribution in [2.75, 3.05) is 0 Å². The number of nitriles is 1. The van der Waals surface area contributed by atoms with E-state index in [1.165, 1.54) is 0 Å². The lowest BCUT2D eigenvalue weighted by molar-refractivity contribution is 0.642. The Hall–Kier alpha value is -1.33. The van der Waals surface area contributed by atoms with Crippen LogP contribution < -0.4 is 5.73 Å². The lowest BCUT2D eigenvalue weighted by atomic mass is 9.91. The zero-order valence-electron chi connectivity index (χ0n) is 7.33. The van der Waals surface area contributed by atoms with Crippen molar-refractivity contribution in [2.45, 2.75) is 19.4 Å². The maximum Gasteiger partial charge on any atom is 0.127 e. The Labute approximate surface area is 72.6 Å². The number of benzene rings is 1. The average molecular weight is 160 g/mol. The molecule has 12 heavy (non-hydrogen) atoms. The highest BCUT2D eigenvalue weighted by atomic mass is 14.7. The first-order chi connectivity index (χ1) is 5.58. The molecule has 0 amide bonds. The normalized spacial score (nSPS) is 14.8. The van der Waals surface area contributed by atoms with Gasteiger partial charge in [0.1, 0.15) is 5.54 Å². The summed E-state index contributed by atoms with van der Waals surface area (Å²) in [5.74, 6) is 0. The smallest absolute Gasteiger partial charge is 0.127 e. The van der Waals surface area contributed by atoms with E-state index in [2.05, 4.69) is 6.07 Å². The van der Waals surface area contributed by atoms with Crippen LogP contribution in [-0.4, -0.2) is 0 Å². The van der Waals surface area contributed by atoms with Crippen molar-refractivity contribution >= 4 is 0 Å². The van der Waals surface area contributed by atoms with Gasteiger partial charge in [-0.25, -0.2) is 0 Å². The van der Waals surface area contributed by atoms with Crippen molar-refractivity contribution < 1.29 is 0 Å². The molecule has 0 saturated carbocycles. The molecule has 1 unspecified atom stereocenters. The highest BCUT2D eigenvalue weighted by Gasteiger charge is 2.21. The van der Waals surface area contributed by atoms with Crippen molar-refractivity contribution in [1.29, 1.82) is 5.26 Å². The van der Waals surface area contributed by atoms with E-state index in [1.807, 2.05) is 31.2 Å². The molecular formula is C10H12N2. The minimum Gasteiger partial charge on any atom is -0.310 e. The molecule has 0 radical (unpaired) electrons. The summed E-state index contributed by atoms with van der Waals surface area (Å²) in [6.07, 6.45) is 0. The first-order valence-electron chi connectivity index (χ1n) is 3.84. The number of hydrogen-bond acceptors (Lipinski definition) is 2. The predicted molar refractivity (Wildman–Crippen MR) is 48.3 cm³/mol. The van der Waals surface area contributed by atoms with E-state index < -0.39 is 5.54 Å². The summed E-state index contributed by atoms with van der Waals surface area (Å²) in [4.78, 5) is 0. The molecule has 1 atom stereocenters. The van der Waals surface area contributed by atoms with Gasteiger partial charge in [0.05, 0.1) is 6.07 Å². The van der Waals surface area contributed by atoms with E-state index in [1.54, 1.807) is 6.92 Å². The third kappa shape index (κ3) is 1.46. The zero-order chi connectivity index (χ0) is 9.19. The molecule has 62 valence electrons. The Morgan fingerprint density at radius 1 is 1.42 bits per heavy atom. The molecule has 2 N–H and O–H groups in total. The second-order valence-corrected chi connectivity index (χ2v) is 3.13. The number of rotatable bonds is 1. The van der Waals surface area contributed by atoms with Crippen LogP contribution >= 0.6 is 0 Å². The molecule has 0 saturated heterocycles. The number of nitrogens with zero attached hydrogens (tertiary/aromatic N) is 1. The summed E-state index contributed by atoms with van der Waals surface area (Å²) in [5.41, 5.74) is 6.86. The molecule has 0 heterocycles. The summed E-state index contributed by atoms with van der Waals surface area (Å²) in [7, 11) is 0.